The number of amides is 2. The van der Waals surface area contributed by atoms with Crippen molar-refractivity contribution < 1.29 is 22.7 Å². The summed E-state index contributed by atoms with van der Waals surface area (Å²) in [4.78, 5) is 27.1. The highest BCUT2D eigenvalue weighted by molar-refractivity contribution is 8.01. The van der Waals surface area contributed by atoms with Crippen molar-refractivity contribution in [1.29, 1.82) is 0 Å². The van der Waals surface area contributed by atoms with Crippen molar-refractivity contribution in [2.45, 2.75) is 74.8 Å². The summed E-state index contributed by atoms with van der Waals surface area (Å²) in [6.07, 6.45) is 3.74. The largest absolute Gasteiger partial charge is 0.489 e. The molecule has 0 unspecified atom stereocenters. The molecule has 0 saturated carbocycles. The first kappa shape index (κ1) is 23.4. The number of nitrogens with zero attached hydrogens (tertiary/aromatic N) is 2. The second-order valence-corrected chi connectivity index (χ2v) is 12.5. The number of benzene rings is 1. The molecule has 176 valence electrons. The number of anilines is 1. The van der Waals surface area contributed by atoms with Crippen LogP contribution >= 0.6 is 11.8 Å². The lowest BCUT2D eigenvalue weighted by atomic mass is 10.2. The number of thioether (sulfide) groups is 1. The molecule has 2 atom stereocenters. The highest BCUT2D eigenvalue weighted by Gasteiger charge is 2.53. The summed E-state index contributed by atoms with van der Waals surface area (Å²) in [5.41, 5.74) is 0.312. The van der Waals surface area contributed by atoms with Crippen LogP contribution in [0.2, 0.25) is 0 Å². The van der Waals surface area contributed by atoms with Crippen molar-refractivity contribution in [1.82, 2.24) is 9.21 Å². The van der Waals surface area contributed by atoms with E-state index in [2.05, 4.69) is 5.32 Å². The second-order valence-electron chi connectivity index (χ2n) is 9.04. The Morgan fingerprint density at radius 3 is 2.66 bits per heavy atom. The monoisotopic (exact) mass is 481 g/mol. The number of sulfonamides is 1. The Bertz CT molecular complexity index is 1010. The van der Waals surface area contributed by atoms with Gasteiger partial charge in [0.25, 0.3) is 0 Å². The SMILES string of the molecule is CC(C)Oc1ccc(S(=O)(=O)N2CCCCC2)cc1NC(=O)[C@H]1CS[C@]2(C)CCC(=O)N12. The quantitative estimate of drug-likeness (QED) is 0.671. The molecule has 0 radical (unpaired) electrons. The van der Waals surface area contributed by atoms with Gasteiger partial charge in [-0.25, -0.2) is 8.42 Å². The summed E-state index contributed by atoms with van der Waals surface area (Å²) >= 11 is 1.62. The third-order valence-corrected chi connectivity index (χ3v) is 9.67. The summed E-state index contributed by atoms with van der Waals surface area (Å²) in [5, 5.41) is 2.87. The first-order chi connectivity index (χ1) is 15.1. The Hall–Kier alpha value is -1.78. The molecule has 0 bridgehead atoms. The van der Waals surface area contributed by atoms with E-state index in [9.17, 15) is 18.0 Å². The van der Waals surface area contributed by atoms with Crippen molar-refractivity contribution in [3.63, 3.8) is 0 Å². The van der Waals surface area contributed by atoms with Crippen molar-refractivity contribution in [3.05, 3.63) is 18.2 Å². The topological polar surface area (TPSA) is 96.0 Å². The van der Waals surface area contributed by atoms with Gasteiger partial charge in [0.05, 0.1) is 21.6 Å². The summed E-state index contributed by atoms with van der Waals surface area (Å²) in [6, 6.07) is 4.02. The van der Waals surface area contributed by atoms with Gasteiger partial charge in [0, 0.05) is 25.3 Å². The zero-order valence-corrected chi connectivity index (χ0v) is 20.4. The fourth-order valence-corrected chi connectivity index (χ4v) is 7.58. The summed E-state index contributed by atoms with van der Waals surface area (Å²) in [6.45, 7) is 6.74. The van der Waals surface area contributed by atoms with E-state index in [-0.39, 0.29) is 27.7 Å². The van der Waals surface area contributed by atoms with Crippen molar-refractivity contribution >= 4 is 39.3 Å². The van der Waals surface area contributed by atoms with Gasteiger partial charge >= 0.3 is 0 Å². The van der Waals surface area contributed by atoms with E-state index in [1.807, 2.05) is 20.8 Å². The molecule has 2 amide bonds. The van der Waals surface area contributed by atoms with Crippen LogP contribution in [0.25, 0.3) is 0 Å². The molecule has 3 saturated heterocycles. The van der Waals surface area contributed by atoms with E-state index in [0.29, 0.717) is 36.7 Å². The molecule has 1 N–H and O–H groups in total. The normalized spacial score (nSPS) is 26.4. The van der Waals surface area contributed by atoms with E-state index >= 15 is 0 Å². The van der Waals surface area contributed by atoms with Crippen LogP contribution in [0, 0.1) is 0 Å². The maximum absolute atomic E-state index is 13.2. The Balaban J connectivity index is 1.62. The van der Waals surface area contributed by atoms with E-state index in [4.69, 9.17) is 4.74 Å². The molecule has 10 heteroatoms. The van der Waals surface area contributed by atoms with Crippen LogP contribution < -0.4 is 10.1 Å². The standard InChI is InChI=1S/C22H31N3O5S2/c1-15(2)30-19-8-7-16(32(28,29)24-11-5-4-6-12-24)13-17(19)23-21(27)18-14-31-22(3)10-9-20(26)25(18)22/h7-8,13,15,18H,4-6,9-12,14H2,1-3H3,(H,23,27)/t18-,22-/m1/s1. The van der Waals surface area contributed by atoms with Crippen LogP contribution in [0.4, 0.5) is 5.69 Å². The molecular formula is C22H31N3O5S2. The van der Waals surface area contributed by atoms with Crippen molar-refractivity contribution in [2.75, 3.05) is 24.2 Å². The minimum absolute atomic E-state index is 0.0160. The van der Waals surface area contributed by atoms with Crippen LogP contribution in [0.15, 0.2) is 23.1 Å². The molecule has 32 heavy (non-hydrogen) atoms. The molecule has 4 rings (SSSR count). The molecule has 3 aliphatic heterocycles. The number of fused-ring (bicyclic) bond motifs is 1. The number of carbonyl (C=O) groups is 2. The average molecular weight is 482 g/mol. The molecule has 3 aliphatic rings. The average Bonchev–Trinajstić information content (AvgIpc) is 3.25. The Morgan fingerprint density at radius 1 is 1.25 bits per heavy atom. The summed E-state index contributed by atoms with van der Waals surface area (Å²) in [5.74, 6) is 0.586. The molecule has 3 heterocycles. The van der Waals surface area contributed by atoms with Crippen LogP contribution in [-0.2, 0) is 19.6 Å². The minimum Gasteiger partial charge on any atom is -0.489 e. The van der Waals surface area contributed by atoms with Gasteiger partial charge in [0.2, 0.25) is 21.8 Å². The van der Waals surface area contributed by atoms with Crippen LogP contribution in [0.5, 0.6) is 5.75 Å². The highest BCUT2D eigenvalue weighted by Crippen LogP contribution is 2.47. The zero-order chi connectivity index (χ0) is 23.1. The van der Waals surface area contributed by atoms with Gasteiger partial charge in [-0.05, 0) is 58.2 Å². The van der Waals surface area contributed by atoms with Gasteiger partial charge in [-0.2, -0.15) is 4.31 Å². The predicted molar refractivity (Wildman–Crippen MR) is 124 cm³/mol. The fourth-order valence-electron chi connectivity index (χ4n) is 4.61. The van der Waals surface area contributed by atoms with Gasteiger partial charge in [-0.1, -0.05) is 6.42 Å². The van der Waals surface area contributed by atoms with Gasteiger partial charge in [-0.3, -0.25) is 9.59 Å². The van der Waals surface area contributed by atoms with E-state index < -0.39 is 16.1 Å². The highest BCUT2D eigenvalue weighted by atomic mass is 32.2. The third-order valence-electron chi connectivity index (χ3n) is 6.27. The van der Waals surface area contributed by atoms with Gasteiger partial charge in [0.1, 0.15) is 11.8 Å². The molecule has 0 aromatic heterocycles. The van der Waals surface area contributed by atoms with Crippen LogP contribution in [0.1, 0.15) is 52.9 Å². The molecule has 0 aliphatic carbocycles. The maximum atomic E-state index is 13.2. The smallest absolute Gasteiger partial charge is 0.248 e. The molecule has 1 aromatic rings. The maximum Gasteiger partial charge on any atom is 0.248 e. The summed E-state index contributed by atoms with van der Waals surface area (Å²) < 4.78 is 33.7. The number of piperidine rings is 1. The lowest BCUT2D eigenvalue weighted by molar-refractivity contribution is -0.135. The van der Waals surface area contributed by atoms with Crippen LogP contribution in [-0.4, -0.2) is 65.3 Å². The van der Waals surface area contributed by atoms with Gasteiger partial charge in [0.15, 0.2) is 0 Å². The lowest BCUT2D eigenvalue weighted by Crippen LogP contribution is -2.48. The number of rotatable bonds is 6. The van der Waals surface area contributed by atoms with E-state index in [1.165, 1.54) is 16.4 Å². The Kier molecular flexibility index (Phi) is 6.48. The Labute approximate surface area is 194 Å². The molecule has 8 nitrogen and oxygen atoms in total. The predicted octanol–water partition coefficient (Wildman–Crippen LogP) is 3.04. The second kappa shape index (κ2) is 8.87. The van der Waals surface area contributed by atoms with E-state index in [0.717, 1.165) is 25.7 Å². The van der Waals surface area contributed by atoms with Crippen LogP contribution in [0.3, 0.4) is 0 Å². The number of carbonyl (C=O) groups excluding carboxylic acids is 2. The molecular weight excluding hydrogens is 450 g/mol. The first-order valence-electron chi connectivity index (χ1n) is 11.2. The van der Waals surface area contributed by atoms with Gasteiger partial charge in [-0.15, -0.1) is 11.8 Å². The van der Waals surface area contributed by atoms with E-state index in [1.54, 1.807) is 22.7 Å². The third kappa shape index (κ3) is 4.36. The molecule has 3 fully saturated rings. The van der Waals surface area contributed by atoms with Gasteiger partial charge < -0.3 is 15.0 Å². The number of hydrogen-bond acceptors (Lipinski definition) is 6. The van der Waals surface area contributed by atoms with Crippen molar-refractivity contribution in [3.8, 4) is 5.75 Å². The Morgan fingerprint density at radius 2 is 1.97 bits per heavy atom. The first-order valence-corrected chi connectivity index (χ1v) is 13.6. The number of ether oxygens (including phenoxy) is 1. The minimum atomic E-state index is -3.66. The van der Waals surface area contributed by atoms with Crippen molar-refractivity contribution in [2.24, 2.45) is 0 Å². The number of hydrogen-bond donors (Lipinski definition) is 1. The fraction of sp³-hybridized carbons (Fsp3) is 0.636. The molecule has 1 aromatic carbocycles. The lowest BCUT2D eigenvalue weighted by Gasteiger charge is -2.30. The summed E-state index contributed by atoms with van der Waals surface area (Å²) in [7, 11) is -3.66. The number of nitrogens with one attached hydrogen (secondary N) is 1. The molecule has 0 spiro atoms. The zero-order valence-electron chi connectivity index (χ0n) is 18.8.